The molecule has 146 valence electrons. The standard InChI is InChI=1S/C19H18F2N4O3/c1-10-3-4-25(17(26)5-10)16-7-11(13(8-24-16)19(22)27)12-6-14(18(20)21)23-9-15(12)28-2/h3-9,14,18,23H,1-2H3,(H2,22,27). The van der Waals surface area contributed by atoms with Gasteiger partial charge in [0.05, 0.1) is 12.7 Å². The summed E-state index contributed by atoms with van der Waals surface area (Å²) in [7, 11) is 1.38. The lowest BCUT2D eigenvalue weighted by Gasteiger charge is -2.23. The van der Waals surface area contributed by atoms with Gasteiger partial charge < -0.3 is 15.8 Å². The number of nitrogens with zero attached hydrogens (tertiary/aromatic N) is 2. The number of methoxy groups -OCH3 is 1. The molecule has 0 spiro atoms. The van der Waals surface area contributed by atoms with Gasteiger partial charge in [0.25, 0.3) is 17.9 Å². The van der Waals surface area contributed by atoms with Crippen molar-refractivity contribution in [3.05, 3.63) is 75.7 Å². The van der Waals surface area contributed by atoms with E-state index in [-0.39, 0.29) is 33.8 Å². The number of primary amides is 1. The number of carbonyl (C=O) groups excluding carboxylic acids is 1. The first-order valence-corrected chi connectivity index (χ1v) is 8.32. The molecule has 3 N–H and O–H groups in total. The van der Waals surface area contributed by atoms with Crippen LogP contribution in [-0.2, 0) is 4.74 Å². The third kappa shape index (κ3) is 3.64. The maximum Gasteiger partial charge on any atom is 0.261 e. The lowest BCUT2D eigenvalue weighted by Crippen LogP contribution is -2.33. The van der Waals surface area contributed by atoms with Gasteiger partial charge in [-0.3, -0.25) is 14.2 Å². The Labute approximate surface area is 159 Å². The lowest BCUT2D eigenvalue weighted by atomic mass is 9.95. The van der Waals surface area contributed by atoms with Gasteiger partial charge in [-0.2, -0.15) is 0 Å². The lowest BCUT2D eigenvalue weighted by molar-refractivity contribution is 0.0999. The van der Waals surface area contributed by atoms with Gasteiger partial charge in [-0.15, -0.1) is 0 Å². The van der Waals surface area contributed by atoms with Gasteiger partial charge >= 0.3 is 0 Å². The van der Waals surface area contributed by atoms with Crippen molar-refractivity contribution in [3.63, 3.8) is 0 Å². The molecule has 0 saturated heterocycles. The van der Waals surface area contributed by atoms with E-state index >= 15 is 0 Å². The number of hydrogen-bond donors (Lipinski definition) is 2. The van der Waals surface area contributed by atoms with Gasteiger partial charge in [0, 0.05) is 35.8 Å². The number of hydrogen-bond acceptors (Lipinski definition) is 5. The third-order valence-corrected chi connectivity index (χ3v) is 4.28. The molecule has 0 bridgehead atoms. The molecule has 7 nitrogen and oxygen atoms in total. The van der Waals surface area contributed by atoms with Crippen molar-refractivity contribution in [2.45, 2.75) is 19.4 Å². The molecule has 1 aliphatic heterocycles. The number of amides is 1. The van der Waals surface area contributed by atoms with E-state index in [1.807, 2.05) is 0 Å². The van der Waals surface area contributed by atoms with Crippen LogP contribution in [0.2, 0.25) is 0 Å². The number of allylic oxidation sites excluding steroid dienone is 1. The Hall–Kier alpha value is -3.49. The minimum atomic E-state index is -2.68. The predicted molar refractivity (Wildman–Crippen MR) is 99.1 cm³/mol. The predicted octanol–water partition coefficient (Wildman–Crippen LogP) is 1.75. The van der Waals surface area contributed by atoms with Crippen molar-refractivity contribution in [2.75, 3.05) is 7.11 Å². The zero-order chi connectivity index (χ0) is 20.4. The molecule has 3 heterocycles. The molecule has 3 rings (SSSR count). The fourth-order valence-corrected chi connectivity index (χ4v) is 2.86. The van der Waals surface area contributed by atoms with Crippen molar-refractivity contribution in [2.24, 2.45) is 5.73 Å². The summed E-state index contributed by atoms with van der Waals surface area (Å²) in [6.07, 6.45) is 2.64. The van der Waals surface area contributed by atoms with Crippen LogP contribution in [0.25, 0.3) is 11.4 Å². The van der Waals surface area contributed by atoms with Crippen LogP contribution < -0.4 is 16.6 Å². The zero-order valence-corrected chi connectivity index (χ0v) is 15.1. The number of halogens is 2. The highest BCUT2D eigenvalue weighted by Gasteiger charge is 2.26. The zero-order valence-electron chi connectivity index (χ0n) is 15.1. The van der Waals surface area contributed by atoms with Crippen molar-refractivity contribution in [1.29, 1.82) is 0 Å². The third-order valence-electron chi connectivity index (χ3n) is 4.28. The Balaban J connectivity index is 2.21. The van der Waals surface area contributed by atoms with Crippen LogP contribution in [0.5, 0.6) is 0 Å². The number of aryl methyl sites for hydroxylation is 1. The Kier molecular flexibility index (Phi) is 5.25. The van der Waals surface area contributed by atoms with Gasteiger partial charge in [-0.25, -0.2) is 13.8 Å². The maximum absolute atomic E-state index is 13.2. The van der Waals surface area contributed by atoms with Crippen LogP contribution in [-0.4, -0.2) is 35.0 Å². The molecule has 2 aromatic heterocycles. The Morgan fingerprint density at radius 1 is 1.39 bits per heavy atom. The van der Waals surface area contributed by atoms with Gasteiger partial charge in [0.2, 0.25) is 0 Å². The molecule has 2 aromatic rings. The Morgan fingerprint density at radius 2 is 2.14 bits per heavy atom. The summed E-state index contributed by atoms with van der Waals surface area (Å²) < 4.78 is 32.9. The van der Waals surface area contributed by atoms with E-state index in [0.29, 0.717) is 0 Å². The van der Waals surface area contributed by atoms with Crippen molar-refractivity contribution in [3.8, 4) is 5.82 Å². The first-order chi connectivity index (χ1) is 13.3. The number of pyridine rings is 2. The summed E-state index contributed by atoms with van der Waals surface area (Å²) in [5.41, 5.74) is 6.42. The van der Waals surface area contributed by atoms with E-state index < -0.39 is 18.4 Å². The fourth-order valence-electron chi connectivity index (χ4n) is 2.86. The summed E-state index contributed by atoms with van der Waals surface area (Å²) in [5, 5.41) is 2.53. The topological polar surface area (TPSA) is 99.2 Å². The second-order valence-corrected chi connectivity index (χ2v) is 6.18. The maximum atomic E-state index is 13.2. The van der Waals surface area contributed by atoms with Crippen molar-refractivity contribution in [1.82, 2.24) is 14.9 Å². The SMILES string of the molecule is COC1=CNC(C(F)F)C=C1c1cc(-n2ccc(C)cc2=O)ncc1C(N)=O. The average molecular weight is 388 g/mol. The van der Waals surface area contributed by atoms with Crippen molar-refractivity contribution < 1.29 is 18.3 Å². The van der Waals surface area contributed by atoms with Gasteiger partial charge in [-0.05, 0) is 30.7 Å². The number of alkyl halides is 2. The minimum absolute atomic E-state index is 0.0213. The molecule has 9 heteroatoms. The molecule has 1 unspecified atom stereocenters. The van der Waals surface area contributed by atoms with Crippen molar-refractivity contribution >= 4 is 11.5 Å². The summed E-state index contributed by atoms with van der Waals surface area (Å²) in [5.74, 6) is -0.324. The number of rotatable bonds is 5. The van der Waals surface area contributed by atoms with Gasteiger partial charge in [-0.1, -0.05) is 0 Å². The molecule has 0 radical (unpaired) electrons. The van der Waals surface area contributed by atoms with Crippen LogP contribution in [0.1, 0.15) is 21.5 Å². The highest BCUT2D eigenvalue weighted by molar-refractivity contribution is 6.00. The summed E-state index contributed by atoms with van der Waals surface area (Å²) in [6.45, 7) is 1.78. The largest absolute Gasteiger partial charge is 0.495 e. The summed E-state index contributed by atoms with van der Waals surface area (Å²) in [6, 6.07) is 3.33. The Bertz CT molecular complexity index is 1040. The van der Waals surface area contributed by atoms with Crippen LogP contribution >= 0.6 is 0 Å². The van der Waals surface area contributed by atoms with Crippen LogP contribution in [0.3, 0.4) is 0 Å². The van der Waals surface area contributed by atoms with E-state index in [0.717, 1.165) is 5.56 Å². The molecule has 0 aliphatic carbocycles. The molecule has 28 heavy (non-hydrogen) atoms. The molecule has 0 aromatic carbocycles. The van der Waals surface area contributed by atoms with E-state index in [1.54, 1.807) is 19.2 Å². The monoisotopic (exact) mass is 388 g/mol. The average Bonchev–Trinajstić information content (AvgIpc) is 2.66. The van der Waals surface area contributed by atoms with E-state index in [1.165, 1.54) is 42.3 Å². The number of carbonyl (C=O) groups is 1. The molecule has 1 atom stereocenters. The van der Waals surface area contributed by atoms with E-state index in [9.17, 15) is 18.4 Å². The first kappa shape index (κ1) is 19.3. The summed E-state index contributed by atoms with van der Waals surface area (Å²) >= 11 is 0. The number of aromatic nitrogens is 2. The number of nitrogens with two attached hydrogens (primary N) is 1. The van der Waals surface area contributed by atoms with Crippen LogP contribution in [0.4, 0.5) is 8.78 Å². The van der Waals surface area contributed by atoms with Crippen LogP contribution in [0.15, 0.2) is 53.4 Å². The highest BCUT2D eigenvalue weighted by Crippen LogP contribution is 2.30. The summed E-state index contributed by atoms with van der Waals surface area (Å²) in [4.78, 5) is 28.3. The molecular formula is C19H18F2N4O3. The fraction of sp³-hybridized carbons (Fsp3) is 0.211. The number of nitrogens with one attached hydrogen (secondary N) is 1. The number of dihydropyridines is 1. The smallest absolute Gasteiger partial charge is 0.261 e. The number of ether oxygens (including phenoxy) is 1. The quantitative estimate of drug-likeness (QED) is 0.813. The van der Waals surface area contributed by atoms with Gasteiger partial charge in [0.1, 0.15) is 17.6 Å². The minimum Gasteiger partial charge on any atom is -0.495 e. The molecule has 1 amide bonds. The second kappa shape index (κ2) is 7.63. The Morgan fingerprint density at radius 3 is 2.75 bits per heavy atom. The molecule has 1 aliphatic rings. The second-order valence-electron chi connectivity index (χ2n) is 6.18. The molecule has 0 fully saturated rings. The molecular weight excluding hydrogens is 370 g/mol. The van der Waals surface area contributed by atoms with E-state index in [2.05, 4.69) is 10.3 Å². The van der Waals surface area contributed by atoms with Gasteiger partial charge in [0.15, 0.2) is 0 Å². The van der Waals surface area contributed by atoms with Crippen LogP contribution in [0, 0.1) is 6.92 Å². The van der Waals surface area contributed by atoms with E-state index in [4.69, 9.17) is 10.5 Å². The highest BCUT2D eigenvalue weighted by atomic mass is 19.3. The normalized spacial score (nSPS) is 16.2. The first-order valence-electron chi connectivity index (χ1n) is 8.32. The molecule has 0 saturated carbocycles.